The van der Waals surface area contributed by atoms with Crippen molar-refractivity contribution in [3.05, 3.63) is 16.1 Å². The second-order valence-electron chi connectivity index (χ2n) is 5.63. The molecule has 0 radical (unpaired) electrons. The number of hydrogen-bond acceptors (Lipinski definition) is 4. The SMILES string of the molecule is COCC(Br)CN(C)Cc1nc(C(C)(C)C)cs1. The molecule has 1 rings (SSSR count). The van der Waals surface area contributed by atoms with Gasteiger partial charge in [0, 0.05) is 24.4 Å². The third kappa shape index (κ3) is 5.34. The summed E-state index contributed by atoms with van der Waals surface area (Å²) in [7, 11) is 3.84. The molecule has 1 aromatic rings. The maximum Gasteiger partial charge on any atom is 0.107 e. The molecule has 1 heterocycles. The first-order chi connectivity index (χ1) is 8.32. The van der Waals surface area contributed by atoms with Gasteiger partial charge in [0.1, 0.15) is 5.01 Å². The third-order valence-corrected chi connectivity index (χ3v) is 3.97. The van der Waals surface area contributed by atoms with Crippen molar-refractivity contribution in [2.75, 3.05) is 27.3 Å². The van der Waals surface area contributed by atoms with E-state index in [0.29, 0.717) is 4.83 Å². The fourth-order valence-corrected chi connectivity index (χ4v) is 3.45. The molecule has 18 heavy (non-hydrogen) atoms. The first-order valence-electron chi connectivity index (χ1n) is 6.09. The highest BCUT2D eigenvalue weighted by molar-refractivity contribution is 9.09. The Morgan fingerprint density at radius 2 is 2.17 bits per heavy atom. The van der Waals surface area contributed by atoms with Crippen molar-refractivity contribution in [1.29, 1.82) is 0 Å². The minimum atomic E-state index is 0.140. The number of hydrogen-bond donors (Lipinski definition) is 0. The summed E-state index contributed by atoms with van der Waals surface area (Å²) in [5.74, 6) is 0. The standard InChI is InChI=1S/C13H23BrN2OS/c1-13(2,3)11-9-18-12(15-11)7-16(4)6-10(14)8-17-5/h9-10H,6-8H2,1-5H3. The minimum Gasteiger partial charge on any atom is -0.383 e. The number of alkyl halides is 1. The van der Waals surface area contributed by atoms with Crippen LogP contribution in [0.15, 0.2) is 5.38 Å². The number of nitrogens with zero attached hydrogens (tertiary/aromatic N) is 2. The van der Waals surface area contributed by atoms with Gasteiger partial charge in [0.2, 0.25) is 0 Å². The molecule has 1 aromatic heterocycles. The molecule has 0 saturated heterocycles. The quantitative estimate of drug-likeness (QED) is 0.746. The lowest BCUT2D eigenvalue weighted by Gasteiger charge is -2.19. The van der Waals surface area contributed by atoms with Gasteiger partial charge in [-0.15, -0.1) is 11.3 Å². The van der Waals surface area contributed by atoms with Crippen molar-refractivity contribution in [3.63, 3.8) is 0 Å². The summed E-state index contributed by atoms with van der Waals surface area (Å²) in [6.45, 7) is 9.17. The highest BCUT2D eigenvalue weighted by atomic mass is 79.9. The van der Waals surface area contributed by atoms with Crippen LogP contribution in [-0.4, -0.2) is 42.0 Å². The first-order valence-corrected chi connectivity index (χ1v) is 7.89. The highest BCUT2D eigenvalue weighted by Gasteiger charge is 2.18. The topological polar surface area (TPSA) is 25.4 Å². The monoisotopic (exact) mass is 334 g/mol. The predicted molar refractivity (Wildman–Crippen MR) is 81.7 cm³/mol. The number of methoxy groups -OCH3 is 1. The van der Waals surface area contributed by atoms with Crippen molar-refractivity contribution in [2.24, 2.45) is 0 Å². The maximum atomic E-state index is 5.12. The highest BCUT2D eigenvalue weighted by Crippen LogP contribution is 2.24. The Kier molecular flexibility index (Phi) is 6.24. The molecule has 0 aliphatic carbocycles. The Labute approximate surface area is 123 Å². The number of thiazole rings is 1. The fraction of sp³-hybridized carbons (Fsp3) is 0.769. The summed E-state index contributed by atoms with van der Waals surface area (Å²) in [6, 6.07) is 0. The van der Waals surface area contributed by atoms with Gasteiger partial charge in [0.05, 0.1) is 23.7 Å². The molecule has 0 aliphatic rings. The van der Waals surface area contributed by atoms with Crippen LogP contribution in [-0.2, 0) is 16.7 Å². The predicted octanol–water partition coefficient (Wildman–Crippen LogP) is 3.28. The number of aromatic nitrogens is 1. The largest absolute Gasteiger partial charge is 0.383 e. The molecule has 3 nitrogen and oxygen atoms in total. The van der Waals surface area contributed by atoms with E-state index in [4.69, 9.17) is 9.72 Å². The van der Waals surface area contributed by atoms with Crippen LogP contribution in [0.1, 0.15) is 31.5 Å². The van der Waals surface area contributed by atoms with Gasteiger partial charge in [-0.1, -0.05) is 36.7 Å². The summed E-state index contributed by atoms with van der Waals surface area (Å²) in [4.78, 5) is 7.34. The first kappa shape index (κ1) is 16.1. The van der Waals surface area contributed by atoms with Crippen LogP contribution in [0.5, 0.6) is 0 Å². The van der Waals surface area contributed by atoms with E-state index in [1.165, 1.54) is 10.7 Å². The zero-order chi connectivity index (χ0) is 13.8. The zero-order valence-electron chi connectivity index (χ0n) is 11.9. The molecule has 0 aromatic carbocycles. The Hall–Kier alpha value is 0.0300. The van der Waals surface area contributed by atoms with Gasteiger partial charge in [-0.25, -0.2) is 4.98 Å². The zero-order valence-corrected chi connectivity index (χ0v) is 14.3. The van der Waals surface area contributed by atoms with Crippen LogP contribution in [0.2, 0.25) is 0 Å². The summed E-state index contributed by atoms with van der Waals surface area (Å²) in [6.07, 6.45) is 0. The summed E-state index contributed by atoms with van der Waals surface area (Å²) in [5.41, 5.74) is 1.32. The Morgan fingerprint density at radius 1 is 1.50 bits per heavy atom. The molecule has 0 aliphatic heterocycles. The Balaban J connectivity index is 2.49. The third-order valence-electron chi connectivity index (χ3n) is 2.58. The molecule has 1 atom stereocenters. The van der Waals surface area contributed by atoms with Crippen LogP contribution in [0.3, 0.4) is 0 Å². The molecule has 104 valence electrons. The van der Waals surface area contributed by atoms with E-state index in [2.05, 4.69) is 54.0 Å². The van der Waals surface area contributed by atoms with Crippen molar-refractivity contribution in [3.8, 4) is 0 Å². The van der Waals surface area contributed by atoms with Crippen LogP contribution in [0.25, 0.3) is 0 Å². The molecule has 0 amide bonds. The lowest BCUT2D eigenvalue weighted by Crippen LogP contribution is -2.28. The molecular formula is C13H23BrN2OS. The minimum absolute atomic E-state index is 0.140. The molecule has 5 heteroatoms. The van der Waals surface area contributed by atoms with Gasteiger partial charge < -0.3 is 4.74 Å². The van der Waals surface area contributed by atoms with E-state index < -0.39 is 0 Å². The van der Waals surface area contributed by atoms with Crippen LogP contribution < -0.4 is 0 Å². The maximum absolute atomic E-state index is 5.12. The number of rotatable bonds is 6. The second-order valence-corrected chi connectivity index (χ2v) is 7.86. The fourth-order valence-electron chi connectivity index (χ4n) is 1.60. The lowest BCUT2D eigenvalue weighted by atomic mass is 9.93. The van der Waals surface area contributed by atoms with Crippen LogP contribution >= 0.6 is 27.3 Å². The molecule has 0 saturated carbocycles. The van der Waals surface area contributed by atoms with E-state index >= 15 is 0 Å². The van der Waals surface area contributed by atoms with E-state index in [9.17, 15) is 0 Å². The average molecular weight is 335 g/mol. The summed E-state index contributed by atoms with van der Waals surface area (Å²) in [5, 5.41) is 3.35. The lowest BCUT2D eigenvalue weighted by molar-refractivity contribution is 0.185. The average Bonchev–Trinajstić information content (AvgIpc) is 2.65. The normalized spacial score (nSPS) is 14.2. The van der Waals surface area contributed by atoms with Crippen molar-refractivity contribution in [1.82, 2.24) is 9.88 Å². The van der Waals surface area contributed by atoms with Gasteiger partial charge in [0.25, 0.3) is 0 Å². The number of halogens is 1. The van der Waals surface area contributed by atoms with E-state index in [0.717, 1.165) is 19.7 Å². The van der Waals surface area contributed by atoms with Gasteiger partial charge >= 0.3 is 0 Å². The van der Waals surface area contributed by atoms with Crippen molar-refractivity contribution < 1.29 is 4.74 Å². The van der Waals surface area contributed by atoms with Gasteiger partial charge in [-0.05, 0) is 7.05 Å². The molecule has 0 spiro atoms. The number of ether oxygens (including phenoxy) is 1. The summed E-state index contributed by atoms with van der Waals surface area (Å²) < 4.78 is 5.12. The van der Waals surface area contributed by atoms with Gasteiger partial charge in [-0.3, -0.25) is 4.90 Å². The molecule has 1 unspecified atom stereocenters. The second kappa shape index (κ2) is 6.98. The molecule has 0 bridgehead atoms. The smallest absolute Gasteiger partial charge is 0.107 e. The molecule has 0 N–H and O–H groups in total. The Bertz CT molecular complexity index is 362. The van der Waals surface area contributed by atoms with Crippen molar-refractivity contribution in [2.45, 2.75) is 37.6 Å². The summed E-state index contributed by atoms with van der Waals surface area (Å²) >= 11 is 5.35. The van der Waals surface area contributed by atoms with E-state index in [1.54, 1.807) is 18.4 Å². The van der Waals surface area contributed by atoms with Gasteiger partial charge in [0.15, 0.2) is 0 Å². The molecular weight excluding hydrogens is 312 g/mol. The van der Waals surface area contributed by atoms with Crippen LogP contribution in [0, 0.1) is 0 Å². The molecule has 0 fully saturated rings. The van der Waals surface area contributed by atoms with Gasteiger partial charge in [-0.2, -0.15) is 0 Å². The Morgan fingerprint density at radius 3 is 2.67 bits per heavy atom. The van der Waals surface area contributed by atoms with Crippen LogP contribution in [0.4, 0.5) is 0 Å². The van der Waals surface area contributed by atoms with Crippen molar-refractivity contribution >= 4 is 27.3 Å². The van der Waals surface area contributed by atoms with E-state index in [1.807, 2.05) is 0 Å². The van der Waals surface area contributed by atoms with E-state index in [-0.39, 0.29) is 5.41 Å².